The number of hydrogen-bond donors (Lipinski definition) is 1. The predicted octanol–water partition coefficient (Wildman–Crippen LogP) is 4.41. The van der Waals surface area contributed by atoms with Gasteiger partial charge in [-0.05, 0) is 49.4 Å². The fourth-order valence-electron chi connectivity index (χ4n) is 2.34. The van der Waals surface area contributed by atoms with Crippen LogP contribution in [0.1, 0.15) is 17.5 Å². The summed E-state index contributed by atoms with van der Waals surface area (Å²) in [5, 5.41) is 2.44. The van der Waals surface area contributed by atoms with Gasteiger partial charge in [-0.2, -0.15) is 0 Å². The van der Waals surface area contributed by atoms with Crippen LogP contribution in [0.4, 0.5) is 14.5 Å². The molecule has 0 spiro atoms. The molecule has 0 fully saturated rings. The third-order valence-electron chi connectivity index (χ3n) is 3.69. The minimum atomic E-state index is -1.15. The lowest BCUT2D eigenvalue weighted by molar-refractivity contribution is -0.123. The molecule has 1 N–H and O–H groups in total. The second-order valence-electron chi connectivity index (χ2n) is 5.69. The van der Waals surface area contributed by atoms with E-state index in [1.54, 1.807) is 6.07 Å². The van der Waals surface area contributed by atoms with Gasteiger partial charge in [0.1, 0.15) is 17.4 Å². The van der Waals surface area contributed by atoms with Gasteiger partial charge in [0.2, 0.25) is 5.76 Å². The Morgan fingerprint density at radius 3 is 2.56 bits per heavy atom. The molecule has 0 saturated carbocycles. The Kier molecular flexibility index (Phi) is 5.30. The van der Waals surface area contributed by atoms with Gasteiger partial charge < -0.3 is 14.5 Å². The lowest BCUT2D eigenvalue weighted by atomic mass is 10.1. The van der Waals surface area contributed by atoms with Crippen molar-refractivity contribution in [3.63, 3.8) is 0 Å². The van der Waals surface area contributed by atoms with E-state index in [1.807, 2.05) is 0 Å². The molecule has 138 valence electrons. The Balaban J connectivity index is 1.65. The molecule has 1 aromatic heterocycles. The summed E-state index contributed by atoms with van der Waals surface area (Å²) < 4.78 is 37.3. The number of hydrogen-bond acceptors (Lipinski definition) is 4. The van der Waals surface area contributed by atoms with Crippen molar-refractivity contribution in [3.05, 3.63) is 78.1 Å². The van der Waals surface area contributed by atoms with Crippen molar-refractivity contribution in [1.29, 1.82) is 0 Å². The molecule has 1 heterocycles. The van der Waals surface area contributed by atoms with E-state index in [0.717, 1.165) is 6.07 Å². The molecule has 3 rings (SSSR count). The van der Waals surface area contributed by atoms with Gasteiger partial charge >= 0.3 is 5.97 Å². The molecular formula is C20H15F2NO4. The van der Waals surface area contributed by atoms with Crippen LogP contribution in [-0.4, -0.2) is 18.0 Å². The molecule has 0 radical (unpaired) electrons. The Morgan fingerprint density at radius 1 is 1.04 bits per heavy atom. The van der Waals surface area contributed by atoms with Gasteiger partial charge in [0.25, 0.3) is 5.91 Å². The van der Waals surface area contributed by atoms with Crippen LogP contribution in [0.25, 0.3) is 11.3 Å². The van der Waals surface area contributed by atoms with Gasteiger partial charge in [0.15, 0.2) is 6.10 Å². The first-order valence-corrected chi connectivity index (χ1v) is 8.06. The summed E-state index contributed by atoms with van der Waals surface area (Å²) in [7, 11) is 0. The number of benzene rings is 2. The summed E-state index contributed by atoms with van der Waals surface area (Å²) >= 11 is 0. The van der Waals surface area contributed by atoms with Crippen molar-refractivity contribution in [1.82, 2.24) is 0 Å². The number of carbonyl (C=O) groups is 2. The topological polar surface area (TPSA) is 68.5 Å². The average Bonchev–Trinajstić information content (AvgIpc) is 3.12. The summed E-state index contributed by atoms with van der Waals surface area (Å²) in [5.41, 5.74) is 0.441. The van der Waals surface area contributed by atoms with E-state index in [9.17, 15) is 18.4 Å². The van der Waals surface area contributed by atoms with Crippen LogP contribution in [0.2, 0.25) is 0 Å². The third-order valence-corrected chi connectivity index (χ3v) is 3.69. The van der Waals surface area contributed by atoms with Gasteiger partial charge in [-0.1, -0.05) is 18.2 Å². The molecule has 5 nitrogen and oxygen atoms in total. The lowest BCUT2D eigenvalue weighted by Crippen LogP contribution is -2.29. The first kappa shape index (κ1) is 18.3. The maximum absolute atomic E-state index is 13.8. The number of nitrogens with one attached hydrogen (secondary N) is 1. The van der Waals surface area contributed by atoms with Crippen molar-refractivity contribution < 1.29 is 27.5 Å². The van der Waals surface area contributed by atoms with Gasteiger partial charge in [0.05, 0.1) is 5.56 Å². The second-order valence-corrected chi connectivity index (χ2v) is 5.69. The van der Waals surface area contributed by atoms with Crippen molar-refractivity contribution in [2.75, 3.05) is 5.32 Å². The highest BCUT2D eigenvalue weighted by molar-refractivity contribution is 5.96. The summed E-state index contributed by atoms with van der Waals surface area (Å²) in [6.45, 7) is 1.37. The summed E-state index contributed by atoms with van der Waals surface area (Å²) in [6, 6.07) is 14.1. The highest BCUT2D eigenvalue weighted by atomic mass is 19.1. The SMILES string of the molecule is C[C@@H](OC(=O)c1ccc(-c2ccccc2F)o1)C(=O)Nc1cccc(F)c1. The van der Waals surface area contributed by atoms with E-state index in [4.69, 9.17) is 9.15 Å². The van der Waals surface area contributed by atoms with Crippen LogP contribution >= 0.6 is 0 Å². The zero-order valence-electron chi connectivity index (χ0n) is 14.2. The Labute approximate surface area is 153 Å². The highest BCUT2D eigenvalue weighted by Gasteiger charge is 2.22. The maximum atomic E-state index is 13.8. The fraction of sp³-hybridized carbons (Fsp3) is 0.100. The van der Waals surface area contributed by atoms with Gasteiger partial charge in [-0.25, -0.2) is 13.6 Å². The van der Waals surface area contributed by atoms with E-state index in [-0.39, 0.29) is 22.8 Å². The number of rotatable bonds is 5. The molecule has 0 bridgehead atoms. The van der Waals surface area contributed by atoms with Crippen LogP contribution in [0.3, 0.4) is 0 Å². The molecule has 0 saturated heterocycles. The number of ether oxygens (including phenoxy) is 1. The largest absolute Gasteiger partial charge is 0.449 e. The van der Waals surface area contributed by atoms with Crippen LogP contribution in [0.5, 0.6) is 0 Å². The fourth-order valence-corrected chi connectivity index (χ4v) is 2.34. The van der Waals surface area contributed by atoms with E-state index in [0.29, 0.717) is 0 Å². The van der Waals surface area contributed by atoms with Crippen molar-refractivity contribution in [2.45, 2.75) is 13.0 Å². The monoisotopic (exact) mass is 371 g/mol. The molecule has 1 atom stereocenters. The van der Waals surface area contributed by atoms with Gasteiger partial charge in [-0.3, -0.25) is 4.79 Å². The van der Waals surface area contributed by atoms with Crippen LogP contribution in [-0.2, 0) is 9.53 Å². The Morgan fingerprint density at radius 2 is 1.81 bits per heavy atom. The van der Waals surface area contributed by atoms with Crippen molar-refractivity contribution >= 4 is 17.6 Å². The van der Waals surface area contributed by atoms with Crippen LogP contribution in [0.15, 0.2) is 65.1 Å². The maximum Gasteiger partial charge on any atom is 0.375 e. The molecule has 0 aliphatic heterocycles. The zero-order chi connectivity index (χ0) is 19.4. The summed E-state index contributed by atoms with van der Waals surface area (Å²) in [6.07, 6.45) is -1.15. The van der Waals surface area contributed by atoms with Gasteiger partial charge in [0, 0.05) is 5.69 Å². The lowest BCUT2D eigenvalue weighted by Gasteiger charge is -2.12. The minimum absolute atomic E-state index is 0.164. The molecule has 0 unspecified atom stereocenters. The number of halogens is 2. The number of furan rings is 1. The van der Waals surface area contributed by atoms with Crippen LogP contribution < -0.4 is 5.32 Å². The molecule has 7 heteroatoms. The molecular weight excluding hydrogens is 356 g/mol. The Bertz CT molecular complexity index is 983. The normalized spacial score (nSPS) is 11.7. The Hall–Kier alpha value is -3.48. The first-order valence-electron chi connectivity index (χ1n) is 8.06. The first-order chi connectivity index (χ1) is 12.9. The van der Waals surface area contributed by atoms with Crippen LogP contribution in [0, 0.1) is 11.6 Å². The zero-order valence-corrected chi connectivity index (χ0v) is 14.2. The third kappa shape index (κ3) is 4.38. The number of carbonyl (C=O) groups excluding carboxylic acids is 2. The summed E-state index contributed by atoms with van der Waals surface area (Å²) in [5.74, 6) is -2.51. The van der Waals surface area contributed by atoms with Gasteiger partial charge in [-0.15, -0.1) is 0 Å². The highest BCUT2D eigenvalue weighted by Crippen LogP contribution is 2.25. The molecule has 1 amide bonds. The molecule has 0 aliphatic rings. The average molecular weight is 371 g/mol. The number of anilines is 1. The van der Waals surface area contributed by atoms with Crippen molar-refractivity contribution in [3.8, 4) is 11.3 Å². The number of amides is 1. The second kappa shape index (κ2) is 7.82. The molecule has 0 aliphatic carbocycles. The molecule has 2 aromatic carbocycles. The summed E-state index contributed by atoms with van der Waals surface area (Å²) in [4.78, 5) is 24.2. The molecule has 27 heavy (non-hydrogen) atoms. The van der Waals surface area contributed by atoms with Crippen molar-refractivity contribution in [2.24, 2.45) is 0 Å². The molecule has 3 aromatic rings. The van der Waals surface area contributed by atoms with E-state index >= 15 is 0 Å². The quantitative estimate of drug-likeness (QED) is 0.675. The predicted molar refractivity (Wildman–Crippen MR) is 94.0 cm³/mol. The van der Waals surface area contributed by atoms with E-state index in [1.165, 1.54) is 55.5 Å². The standard InChI is InChI=1S/C20H15F2NO4/c1-12(19(24)23-14-6-4-5-13(21)11-14)26-20(25)18-10-9-17(27-18)15-7-2-3-8-16(15)22/h2-12H,1H3,(H,23,24)/t12-/m1/s1. The smallest absolute Gasteiger partial charge is 0.375 e. The number of esters is 1. The van der Waals surface area contributed by atoms with E-state index in [2.05, 4.69) is 5.32 Å². The minimum Gasteiger partial charge on any atom is -0.449 e. The van der Waals surface area contributed by atoms with E-state index < -0.39 is 29.6 Å².